The minimum Gasteiger partial charge on any atom is -0.369 e. The average molecular weight is 286 g/mol. The van der Waals surface area contributed by atoms with Crippen LogP contribution in [0.4, 0.5) is 5.82 Å². The molecule has 0 unspecified atom stereocenters. The van der Waals surface area contributed by atoms with Crippen LogP contribution in [0.3, 0.4) is 0 Å². The molecule has 1 fully saturated rings. The van der Waals surface area contributed by atoms with Crippen molar-refractivity contribution in [3.05, 3.63) is 24.0 Å². The van der Waals surface area contributed by atoms with Gasteiger partial charge >= 0.3 is 0 Å². The maximum absolute atomic E-state index is 11.9. The monoisotopic (exact) mass is 286 g/mol. The van der Waals surface area contributed by atoms with Crippen LogP contribution in [0.25, 0.3) is 5.65 Å². The van der Waals surface area contributed by atoms with Crippen LogP contribution in [-0.4, -0.2) is 26.9 Å². The molecule has 0 radical (unpaired) electrons. The SMILES string of the molecule is CC(C)(C)CNc1cccc2nc(CC(=O)C3CC3)nn12. The fraction of sp³-hybridized carbons (Fsp3) is 0.562. The van der Waals surface area contributed by atoms with Gasteiger partial charge in [0.25, 0.3) is 0 Å². The van der Waals surface area contributed by atoms with E-state index >= 15 is 0 Å². The van der Waals surface area contributed by atoms with Crippen LogP contribution in [0, 0.1) is 11.3 Å². The molecule has 0 bridgehead atoms. The second-order valence-corrected chi connectivity index (χ2v) is 7.04. The summed E-state index contributed by atoms with van der Waals surface area (Å²) < 4.78 is 1.79. The third kappa shape index (κ3) is 3.40. The predicted octanol–water partition coefficient (Wildman–Crippen LogP) is 2.71. The van der Waals surface area contributed by atoms with E-state index in [1.165, 1.54) is 0 Å². The van der Waals surface area contributed by atoms with Crippen LogP contribution in [0.2, 0.25) is 0 Å². The van der Waals surface area contributed by atoms with Gasteiger partial charge in [-0.15, -0.1) is 5.10 Å². The highest BCUT2D eigenvalue weighted by molar-refractivity contribution is 5.84. The van der Waals surface area contributed by atoms with Gasteiger partial charge in [0.05, 0.1) is 6.42 Å². The predicted molar refractivity (Wildman–Crippen MR) is 82.4 cm³/mol. The van der Waals surface area contributed by atoms with E-state index in [-0.39, 0.29) is 17.1 Å². The molecule has 1 N–H and O–H groups in total. The van der Waals surface area contributed by atoms with Gasteiger partial charge in [-0.1, -0.05) is 26.8 Å². The number of pyridine rings is 1. The van der Waals surface area contributed by atoms with Gasteiger partial charge in [0.2, 0.25) is 0 Å². The molecule has 0 spiro atoms. The Morgan fingerprint density at radius 2 is 2.14 bits per heavy atom. The van der Waals surface area contributed by atoms with E-state index in [0.717, 1.165) is 30.9 Å². The number of anilines is 1. The van der Waals surface area contributed by atoms with Crippen molar-refractivity contribution >= 4 is 17.2 Å². The van der Waals surface area contributed by atoms with E-state index < -0.39 is 0 Å². The summed E-state index contributed by atoms with van der Waals surface area (Å²) >= 11 is 0. The van der Waals surface area contributed by atoms with Gasteiger partial charge in [-0.2, -0.15) is 4.52 Å². The van der Waals surface area contributed by atoms with Crippen LogP contribution in [-0.2, 0) is 11.2 Å². The molecule has 5 heteroatoms. The fourth-order valence-electron chi connectivity index (χ4n) is 2.22. The maximum Gasteiger partial charge on any atom is 0.159 e. The topological polar surface area (TPSA) is 59.3 Å². The molecule has 2 aromatic heterocycles. The van der Waals surface area contributed by atoms with Crippen LogP contribution in [0.15, 0.2) is 18.2 Å². The molecular formula is C16H22N4O. The highest BCUT2D eigenvalue weighted by Gasteiger charge is 2.30. The summed E-state index contributed by atoms with van der Waals surface area (Å²) in [5.74, 6) is 2.07. The highest BCUT2D eigenvalue weighted by atomic mass is 16.1. The number of aromatic nitrogens is 3. The molecule has 21 heavy (non-hydrogen) atoms. The van der Waals surface area contributed by atoms with E-state index in [4.69, 9.17) is 0 Å². The van der Waals surface area contributed by atoms with Crippen molar-refractivity contribution in [3.8, 4) is 0 Å². The van der Waals surface area contributed by atoms with Gasteiger partial charge in [0.15, 0.2) is 11.5 Å². The zero-order valence-corrected chi connectivity index (χ0v) is 12.9. The number of fused-ring (bicyclic) bond motifs is 1. The van der Waals surface area contributed by atoms with Gasteiger partial charge in [-0.25, -0.2) is 4.98 Å². The standard InChI is InChI=1S/C16H22N4O/c1-16(2,3)10-17-14-5-4-6-15-18-13(19-20(14)15)9-12(21)11-7-8-11/h4-6,11,17H,7-10H2,1-3H3. The Kier molecular flexibility index (Phi) is 3.43. The number of ketones is 1. The molecule has 0 amide bonds. The van der Waals surface area contributed by atoms with Gasteiger partial charge in [-0.05, 0) is 30.4 Å². The summed E-state index contributed by atoms with van der Waals surface area (Å²) in [5.41, 5.74) is 0.973. The third-order valence-electron chi connectivity index (χ3n) is 3.57. The number of carbonyl (C=O) groups excluding carboxylic acids is 1. The number of hydrogen-bond acceptors (Lipinski definition) is 4. The molecule has 112 valence electrons. The van der Waals surface area contributed by atoms with E-state index in [2.05, 4.69) is 36.2 Å². The number of carbonyl (C=O) groups is 1. The van der Waals surface area contributed by atoms with Crippen molar-refractivity contribution in [2.24, 2.45) is 11.3 Å². The number of rotatable bonds is 5. The lowest BCUT2D eigenvalue weighted by atomic mass is 9.97. The first kappa shape index (κ1) is 14.0. The Labute approximate surface area is 124 Å². The first-order valence-corrected chi connectivity index (χ1v) is 7.54. The zero-order chi connectivity index (χ0) is 15.0. The Morgan fingerprint density at radius 1 is 1.38 bits per heavy atom. The molecule has 1 aliphatic rings. The van der Waals surface area contributed by atoms with Crippen LogP contribution in [0.1, 0.15) is 39.4 Å². The molecule has 0 aromatic carbocycles. The molecular weight excluding hydrogens is 264 g/mol. The minimum absolute atomic E-state index is 0.188. The Bertz CT molecular complexity index is 664. The Hall–Kier alpha value is -1.91. The molecule has 1 aliphatic carbocycles. The van der Waals surface area contributed by atoms with Crippen LogP contribution in [0.5, 0.6) is 0 Å². The van der Waals surface area contributed by atoms with E-state index in [0.29, 0.717) is 12.2 Å². The number of Topliss-reactive ketones (excluding diaryl/α,β-unsaturated/α-hetero) is 1. The summed E-state index contributed by atoms with van der Waals surface area (Å²) in [5, 5.41) is 7.89. The van der Waals surface area contributed by atoms with Gasteiger partial charge < -0.3 is 5.32 Å². The molecule has 2 heterocycles. The minimum atomic E-state index is 0.188. The van der Waals surface area contributed by atoms with Gasteiger partial charge in [-0.3, -0.25) is 4.79 Å². The lowest BCUT2D eigenvalue weighted by Gasteiger charge is -2.19. The maximum atomic E-state index is 11.9. The smallest absolute Gasteiger partial charge is 0.159 e. The molecule has 1 saturated carbocycles. The zero-order valence-electron chi connectivity index (χ0n) is 12.9. The fourth-order valence-corrected chi connectivity index (χ4v) is 2.22. The van der Waals surface area contributed by atoms with Crippen LogP contribution < -0.4 is 5.32 Å². The highest BCUT2D eigenvalue weighted by Crippen LogP contribution is 2.30. The summed E-state index contributed by atoms with van der Waals surface area (Å²) in [7, 11) is 0. The number of hydrogen-bond donors (Lipinski definition) is 1. The number of nitrogens with zero attached hydrogens (tertiary/aromatic N) is 3. The van der Waals surface area contributed by atoms with Crippen molar-refractivity contribution in [1.82, 2.24) is 14.6 Å². The lowest BCUT2D eigenvalue weighted by Crippen LogP contribution is -2.20. The van der Waals surface area contributed by atoms with Gasteiger partial charge in [0.1, 0.15) is 11.6 Å². The second-order valence-electron chi connectivity index (χ2n) is 7.04. The Morgan fingerprint density at radius 3 is 2.81 bits per heavy atom. The lowest BCUT2D eigenvalue weighted by molar-refractivity contribution is -0.119. The summed E-state index contributed by atoms with van der Waals surface area (Å²) in [6, 6.07) is 5.86. The van der Waals surface area contributed by atoms with Crippen molar-refractivity contribution in [2.45, 2.75) is 40.0 Å². The van der Waals surface area contributed by atoms with E-state index in [9.17, 15) is 4.79 Å². The number of nitrogens with one attached hydrogen (secondary N) is 1. The second kappa shape index (κ2) is 5.13. The summed E-state index contributed by atoms with van der Waals surface area (Å²) in [6.45, 7) is 7.39. The molecule has 0 atom stereocenters. The Balaban J connectivity index is 1.81. The molecule has 3 rings (SSSR count). The first-order chi connectivity index (χ1) is 9.92. The molecule has 0 saturated heterocycles. The summed E-state index contributed by atoms with van der Waals surface area (Å²) in [4.78, 5) is 16.3. The van der Waals surface area contributed by atoms with E-state index in [1.54, 1.807) is 4.52 Å². The molecule has 2 aromatic rings. The first-order valence-electron chi connectivity index (χ1n) is 7.54. The van der Waals surface area contributed by atoms with Crippen molar-refractivity contribution in [3.63, 3.8) is 0 Å². The normalized spacial score (nSPS) is 15.4. The average Bonchev–Trinajstić information content (AvgIpc) is 3.16. The van der Waals surface area contributed by atoms with Crippen molar-refractivity contribution in [2.75, 3.05) is 11.9 Å². The van der Waals surface area contributed by atoms with E-state index in [1.807, 2.05) is 18.2 Å². The van der Waals surface area contributed by atoms with Crippen LogP contribution >= 0.6 is 0 Å². The van der Waals surface area contributed by atoms with Crippen molar-refractivity contribution in [1.29, 1.82) is 0 Å². The molecule has 5 nitrogen and oxygen atoms in total. The quantitative estimate of drug-likeness (QED) is 0.918. The largest absolute Gasteiger partial charge is 0.369 e. The third-order valence-corrected chi connectivity index (χ3v) is 3.57. The van der Waals surface area contributed by atoms with Crippen molar-refractivity contribution < 1.29 is 4.79 Å². The van der Waals surface area contributed by atoms with Gasteiger partial charge in [0, 0.05) is 12.5 Å². The summed E-state index contributed by atoms with van der Waals surface area (Å²) in [6.07, 6.45) is 2.42. The molecule has 0 aliphatic heterocycles.